The summed E-state index contributed by atoms with van der Waals surface area (Å²) in [6, 6.07) is 23.6. The highest BCUT2D eigenvalue weighted by Gasteiger charge is 2.72. The van der Waals surface area contributed by atoms with Crippen LogP contribution >= 0.6 is 11.6 Å². The van der Waals surface area contributed by atoms with Crippen molar-refractivity contribution in [3.63, 3.8) is 0 Å². The molecule has 0 spiro atoms. The van der Waals surface area contributed by atoms with Crippen molar-refractivity contribution >= 4 is 34.9 Å². The van der Waals surface area contributed by atoms with E-state index in [9.17, 15) is 19.7 Å². The van der Waals surface area contributed by atoms with Gasteiger partial charge in [-0.1, -0.05) is 98.2 Å². The number of benzene rings is 3. The molecule has 2 unspecified atom stereocenters. The molecule has 2 fully saturated rings. The molecule has 0 aliphatic heterocycles. The third kappa shape index (κ3) is 4.90. The fourth-order valence-corrected chi connectivity index (χ4v) is 6.72. The summed E-state index contributed by atoms with van der Waals surface area (Å²) in [5.41, 5.74) is 0.666. The minimum absolute atomic E-state index is 0.0271. The summed E-state index contributed by atoms with van der Waals surface area (Å²) in [6.07, 6.45) is 1.79. The van der Waals surface area contributed by atoms with Crippen molar-refractivity contribution in [2.24, 2.45) is 21.4 Å². The third-order valence-electron chi connectivity index (χ3n) is 9.48. The Kier molecular flexibility index (Phi) is 7.46. The van der Waals surface area contributed by atoms with Crippen molar-refractivity contribution in [1.29, 1.82) is 0 Å². The number of hydrogen-bond donors (Lipinski definition) is 0. The average Bonchev–Trinajstić information content (AvgIpc) is 3.27. The van der Waals surface area contributed by atoms with Gasteiger partial charge in [0.05, 0.1) is 21.6 Å². The number of halogens is 1. The molecule has 0 radical (unpaired) electrons. The summed E-state index contributed by atoms with van der Waals surface area (Å²) < 4.78 is 0. The summed E-state index contributed by atoms with van der Waals surface area (Å²) >= 11 is 5.88. The van der Waals surface area contributed by atoms with Crippen molar-refractivity contribution in [2.45, 2.75) is 53.1 Å². The molecule has 2 saturated carbocycles. The molecular weight excluding hydrogens is 542 g/mol. The number of hydrogen-bond acceptors (Lipinski definition) is 6. The minimum Gasteiger partial charge on any atom is -0.334 e. The first-order valence-electron chi connectivity index (χ1n) is 13.6. The van der Waals surface area contributed by atoms with E-state index in [1.54, 1.807) is 0 Å². The van der Waals surface area contributed by atoms with Gasteiger partial charge in [0.25, 0.3) is 5.69 Å². The molecule has 0 N–H and O–H groups in total. The van der Waals surface area contributed by atoms with Crippen LogP contribution in [0.3, 0.4) is 0 Å². The van der Waals surface area contributed by atoms with E-state index in [1.165, 1.54) is 12.1 Å². The minimum atomic E-state index is -0.823. The van der Waals surface area contributed by atoms with E-state index in [0.29, 0.717) is 31.6 Å². The second-order valence-corrected chi connectivity index (χ2v) is 12.1. The van der Waals surface area contributed by atoms with Gasteiger partial charge in [0.2, 0.25) is 5.91 Å². The Balaban J connectivity index is 1.44. The van der Waals surface area contributed by atoms with Gasteiger partial charge in [0, 0.05) is 31.0 Å². The molecule has 9 heteroatoms. The van der Waals surface area contributed by atoms with Crippen LogP contribution in [0.5, 0.6) is 0 Å². The molecule has 0 heterocycles. The van der Waals surface area contributed by atoms with Gasteiger partial charge in [0.15, 0.2) is 0 Å². The highest BCUT2D eigenvalue weighted by molar-refractivity contribution is 6.32. The smallest absolute Gasteiger partial charge is 0.334 e. The predicted molar refractivity (Wildman–Crippen MR) is 156 cm³/mol. The van der Waals surface area contributed by atoms with Crippen LogP contribution in [-0.4, -0.2) is 27.4 Å². The second kappa shape index (κ2) is 10.7. The lowest BCUT2D eigenvalue weighted by Crippen LogP contribution is -2.48. The van der Waals surface area contributed by atoms with E-state index in [2.05, 4.69) is 25.9 Å². The number of rotatable bonds is 8. The van der Waals surface area contributed by atoms with Gasteiger partial charge in [0.1, 0.15) is 5.02 Å². The zero-order valence-electron chi connectivity index (χ0n) is 23.3. The largest absolute Gasteiger partial charge is 0.365 e. The molecule has 2 atom stereocenters. The van der Waals surface area contributed by atoms with Crippen LogP contribution in [-0.2, 0) is 22.7 Å². The second-order valence-electron chi connectivity index (χ2n) is 11.7. The van der Waals surface area contributed by atoms with E-state index in [4.69, 9.17) is 16.4 Å². The molecule has 3 aromatic carbocycles. The quantitative estimate of drug-likeness (QED) is 0.161. The van der Waals surface area contributed by atoms with Gasteiger partial charge >= 0.3 is 5.97 Å². The van der Waals surface area contributed by atoms with Crippen molar-refractivity contribution < 1.29 is 19.3 Å². The van der Waals surface area contributed by atoms with Gasteiger partial charge in [-0.05, 0) is 41.5 Å². The summed E-state index contributed by atoms with van der Waals surface area (Å²) in [5, 5.41) is 15.5. The van der Waals surface area contributed by atoms with Gasteiger partial charge in [-0.2, -0.15) is 0 Å². The summed E-state index contributed by atoms with van der Waals surface area (Å²) in [4.78, 5) is 45.3. The first-order chi connectivity index (χ1) is 19.5. The number of nitro benzene ring substituents is 1. The van der Waals surface area contributed by atoms with E-state index < -0.39 is 27.1 Å². The topological polar surface area (TPSA) is 102 Å². The zero-order chi connectivity index (χ0) is 29.4. The Labute approximate surface area is 244 Å². The lowest BCUT2D eigenvalue weighted by atomic mass is 9.64. The summed E-state index contributed by atoms with van der Waals surface area (Å²) in [7, 11) is 0. The number of carbonyl (C=O) groups is 2. The first kappa shape index (κ1) is 28.5. The number of oxime groups is 1. The number of nitrogens with zero attached hydrogens (tertiary/aromatic N) is 3. The van der Waals surface area contributed by atoms with Crippen LogP contribution in [0.2, 0.25) is 5.02 Å². The standard InChI is InChI=1S/C32H32ClN3O5/c1-30(2)31(3)16-17-32(30,19-27(31)34-41-28(37)24-14-15-25(33)26(18-24)36(39)40)29(38)35(20-22-10-6-4-7-11-22)21-23-12-8-5-9-13-23/h4-15,18H,16-17,19-21H2,1-3H3/b34-27+. The SMILES string of the molecule is CC12CCC(C(=O)N(Cc3ccccc3)Cc3ccccc3)(C/C1=N\OC(=O)c1ccc(Cl)c([N+](=O)[O-])c1)C2(C)C. The highest BCUT2D eigenvalue weighted by atomic mass is 35.5. The van der Waals surface area contributed by atoms with Crippen molar-refractivity contribution in [2.75, 3.05) is 0 Å². The normalized spacial score (nSPS) is 23.4. The molecule has 212 valence electrons. The molecule has 0 saturated heterocycles. The van der Waals surface area contributed by atoms with E-state index >= 15 is 0 Å². The Hall–Kier alpha value is -4.04. The maximum atomic E-state index is 14.6. The summed E-state index contributed by atoms with van der Waals surface area (Å²) in [6.45, 7) is 7.23. The monoisotopic (exact) mass is 573 g/mol. The van der Waals surface area contributed by atoms with Gasteiger partial charge < -0.3 is 9.74 Å². The Morgan fingerprint density at radius 2 is 1.54 bits per heavy atom. The van der Waals surface area contributed by atoms with Gasteiger partial charge in [-0.25, -0.2) is 4.79 Å². The van der Waals surface area contributed by atoms with Crippen molar-refractivity contribution in [3.8, 4) is 0 Å². The maximum absolute atomic E-state index is 14.6. The van der Waals surface area contributed by atoms with E-state index in [0.717, 1.165) is 23.6 Å². The number of fused-ring (bicyclic) bond motifs is 2. The van der Waals surface area contributed by atoms with Crippen LogP contribution in [0, 0.1) is 26.4 Å². The van der Waals surface area contributed by atoms with E-state index in [1.807, 2.05) is 65.6 Å². The number of amides is 1. The third-order valence-corrected chi connectivity index (χ3v) is 9.80. The molecule has 3 aromatic rings. The van der Waals surface area contributed by atoms with Gasteiger partial charge in [-0.15, -0.1) is 0 Å². The highest BCUT2D eigenvalue weighted by Crippen LogP contribution is 2.71. The van der Waals surface area contributed by atoms with Crippen molar-refractivity contribution in [1.82, 2.24) is 4.90 Å². The van der Waals surface area contributed by atoms with Crippen LogP contribution in [0.15, 0.2) is 84.0 Å². The molecule has 5 rings (SSSR count). The number of nitro groups is 1. The number of carbonyl (C=O) groups excluding carboxylic acids is 2. The fraction of sp³-hybridized carbons (Fsp3) is 0.344. The zero-order valence-corrected chi connectivity index (χ0v) is 24.1. The van der Waals surface area contributed by atoms with Crippen LogP contribution in [0.4, 0.5) is 5.69 Å². The molecule has 2 bridgehead atoms. The lowest BCUT2D eigenvalue weighted by molar-refractivity contribution is -0.384. The molecule has 0 aromatic heterocycles. The van der Waals surface area contributed by atoms with Crippen molar-refractivity contribution in [3.05, 3.63) is 111 Å². The van der Waals surface area contributed by atoms with Crippen LogP contribution in [0.1, 0.15) is 61.5 Å². The molecule has 8 nitrogen and oxygen atoms in total. The molecule has 2 aliphatic rings. The van der Waals surface area contributed by atoms with Crippen LogP contribution in [0.25, 0.3) is 0 Å². The maximum Gasteiger partial charge on any atom is 0.365 e. The Morgan fingerprint density at radius 1 is 0.951 bits per heavy atom. The van der Waals surface area contributed by atoms with E-state index in [-0.39, 0.29) is 22.2 Å². The Bertz CT molecular complexity index is 1480. The molecule has 2 aliphatic carbocycles. The fourth-order valence-electron chi connectivity index (χ4n) is 6.53. The molecule has 41 heavy (non-hydrogen) atoms. The average molecular weight is 574 g/mol. The first-order valence-corrected chi connectivity index (χ1v) is 14.0. The summed E-state index contributed by atoms with van der Waals surface area (Å²) in [5.74, 6) is -0.764. The predicted octanol–water partition coefficient (Wildman–Crippen LogP) is 7.21. The molecule has 1 amide bonds. The lowest BCUT2D eigenvalue weighted by Gasteiger charge is -2.42. The van der Waals surface area contributed by atoms with Gasteiger partial charge in [-0.3, -0.25) is 14.9 Å². The van der Waals surface area contributed by atoms with Crippen LogP contribution < -0.4 is 0 Å². The molecular formula is C32H32ClN3O5. The Morgan fingerprint density at radius 3 is 2.10 bits per heavy atom.